The van der Waals surface area contributed by atoms with Gasteiger partial charge in [0.25, 0.3) is 6.43 Å². The number of amides is 1. The molecule has 32 heavy (non-hydrogen) atoms. The Morgan fingerprint density at radius 1 is 0.906 bits per heavy atom. The molecule has 7 heteroatoms. The molecular weight excluding hydrogens is 416 g/mol. The van der Waals surface area contributed by atoms with Crippen molar-refractivity contribution < 1.29 is 28.5 Å². The molecule has 0 aliphatic heterocycles. The lowest BCUT2D eigenvalue weighted by molar-refractivity contribution is 0.0183. The smallest absolute Gasteiger partial charge is 0.407 e. The van der Waals surface area contributed by atoms with Gasteiger partial charge in [0.05, 0.1) is 0 Å². The number of carbonyl (C=O) groups excluding carboxylic acids is 1. The Balaban J connectivity index is 1.33. The lowest BCUT2D eigenvalue weighted by Gasteiger charge is -2.20. The minimum Gasteiger partial charge on any atom is -0.449 e. The largest absolute Gasteiger partial charge is 0.449 e. The number of aliphatic hydroxyl groups is 2. The van der Waals surface area contributed by atoms with Crippen molar-refractivity contribution >= 4 is 6.09 Å². The normalized spacial score (nSPS) is 14.5. The lowest BCUT2D eigenvalue weighted by Crippen LogP contribution is -2.36. The highest BCUT2D eigenvalue weighted by Crippen LogP contribution is 2.44. The van der Waals surface area contributed by atoms with Crippen LogP contribution < -0.4 is 5.32 Å². The first kappa shape index (κ1) is 21.9. The summed E-state index contributed by atoms with van der Waals surface area (Å²) < 4.78 is 31.1. The van der Waals surface area contributed by atoms with Gasteiger partial charge in [0.15, 0.2) is 0 Å². The molecule has 3 aromatic carbocycles. The average Bonchev–Trinajstić information content (AvgIpc) is 3.14. The van der Waals surface area contributed by atoms with Crippen LogP contribution in [-0.4, -0.2) is 35.6 Å². The van der Waals surface area contributed by atoms with E-state index in [2.05, 4.69) is 5.32 Å². The summed E-state index contributed by atoms with van der Waals surface area (Å²) in [5.74, 6) is -0.0965. The molecule has 1 aliphatic rings. The standard InChI is InChI=1S/C25H23F2NO4/c26-24(27)16-7-5-6-15(12-16)23(30)22(29)13-28-25(31)32-14-21-19-10-3-1-8-17(19)18-9-2-4-11-20(18)21/h1-12,21-24,29-30H,13-14H2,(H,28,31). The number of benzene rings is 3. The fraction of sp³-hybridized carbons (Fsp3) is 0.240. The predicted octanol–water partition coefficient (Wildman–Crippen LogP) is 4.56. The van der Waals surface area contributed by atoms with Crippen molar-refractivity contribution in [2.75, 3.05) is 13.2 Å². The number of hydrogen-bond donors (Lipinski definition) is 3. The van der Waals surface area contributed by atoms with Crippen molar-refractivity contribution in [3.63, 3.8) is 0 Å². The molecule has 0 saturated heterocycles. The molecule has 0 spiro atoms. The molecule has 3 N–H and O–H groups in total. The molecule has 0 bridgehead atoms. The first-order chi connectivity index (χ1) is 15.5. The maximum absolute atomic E-state index is 12.8. The van der Waals surface area contributed by atoms with Crippen LogP contribution in [0.15, 0.2) is 72.8 Å². The number of carbonyl (C=O) groups is 1. The minimum atomic E-state index is -2.68. The van der Waals surface area contributed by atoms with Crippen LogP contribution in [0.25, 0.3) is 11.1 Å². The van der Waals surface area contributed by atoms with Crippen molar-refractivity contribution in [2.45, 2.75) is 24.6 Å². The van der Waals surface area contributed by atoms with E-state index in [1.165, 1.54) is 18.2 Å². The zero-order valence-corrected chi connectivity index (χ0v) is 17.1. The van der Waals surface area contributed by atoms with Gasteiger partial charge in [-0.2, -0.15) is 0 Å². The number of rotatable bonds is 7. The number of aliphatic hydroxyl groups excluding tert-OH is 2. The van der Waals surface area contributed by atoms with E-state index in [0.29, 0.717) is 0 Å². The van der Waals surface area contributed by atoms with E-state index in [-0.39, 0.29) is 30.2 Å². The third-order valence-corrected chi connectivity index (χ3v) is 5.67. The first-order valence-corrected chi connectivity index (χ1v) is 10.3. The van der Waals surface area contributed by atoms with Crippen LogP contribution in [-0.2, 0) is 4.74 Å². The maximum Gasteiger partial charge on any atom is 0.407 e. The summed E-state index contributed by atoms with van der Waals surface area (Å²) in [6.45, 7) is -0.175. The van der Waals surface area contributed by atoms with Gasteiger partial charge in [-0.05, 0) is 33.9 Å². The molecule has 5 nitrogen and oxygen atoms in total. The lowest BCUT2D eigenvalue weighted by atomic mass is 9.98. The van der Waals surface area contributed by atoms with Crippen LogP contribution in [0.4, 0.5) is 13.6 Å². The summed E-state index contributed by atoms with van der Waals surface area (Å²) in [6.07, 6.45) is -6.23. The van der Waals surface area contributed by atoms with E-state index in [9.17, 15) is 23.8 Å². The molecule has 2 unspecified atom stereocenters. The van der Waals surface area contributed by atoms with Gasteiger partial charge in [0, 0.05) is 18.0 Å². The summed E-state index contributed by atoms with van der Waals surface area (Å²) in [4.78, 5) is 12.2. The van der Waals surface area contributed by atoms with Crippen molar-refractivity contribution in [1.29, 1.82) is 0 Å². The molecule has 0 radical (unpaired) electrons. The van der Waals surface area contributed by atoms with E-state index in [1.807, 2.05) is 48.5 Å². The third-order valence-electron chi connectivity index (χ3n) is 5.67. The van der Waals surface area contributed by atoms with Crippen LogP contribution in [0.2, 0.25) is 0 Å². The van der Waals surface area contributed by atoms with Gasteiger partial charge in [0.2, 0.25) is 0 Å². The summed E-state index contributed by atoms with van der Waals surface area (Å²) in [5.41, 5.74) is 4.28. The van der Waals surface area contributed by atoms with E-state index < -0.39 is 24.7 Å². The zero-order chi connectivity index (χ0) is 22.7. The highest BCUT2D eigenvalue weighted by atomic mass is 19.3. The van der Waals surface area contributed by atoms with E-state index in [4.69, 9.17) is 4.74 Å². The van der Waals surface area contributed by atoms with Gasteiger partial charge in [-0.15, -0.1) is 0 Å². The number of alkyl carbamates (subject to hydrolysis) is 1. The fourth-order valence-electron chi connectivity index (χ4n) is 4.05. The second-order valence-corrected chi connectivity index (χ2v) is 7.69. The van der Waals surface area contributed by atoms with Crippen molar-refractivity contribution in [2.24, 2.45) is 0 Å². The Bertz CT molecular complexity index is 1060. The average molecular weight is 439 g/mol. The number of halogens is 2. The van der Waals surface area contributed by atoms with Gasteiger partial charge < -0.3 is 20.3 Å². The quantitative estimate of drug-likeness (QED) is 0.504. The summed E-state index contributed by atoms with van der Waals surface area (Å²) in [6, 6.07) is 21.1. The number of alkyl halides is 2. The minimum absolute atomic E-state index is 0.0965. The second kappa shape index (κ2) is 9.46. The number of nitrogens with one attached hydrogen (secondary N) is 1. The molecule has 0 heterocycles. The third kappa shape index (κ3) is 4.49. The Hall–Kier alpha value is -3.29. The van der Waals surface area contributed by atoms with Crippen LogP contribution in [0.3, 0.4) is 0 Å². The van der Waals surface area contributed by atoms with Crippen molar-refractivity contribution in [3.8, 4) is 11.1 Å². The van der Waals surface area contributed by atoms with Crippen molar-refractivity contribution in [1.82, 2.24) is 5.32 Å². The molecule has 0 saturated carbocycles. The SMILES string of the molecule is O=C(NCC(O)C(O)c1cccc(C(F)F)c1)OCC1c2ccccc2-c2ccccc21. The van der Waals surface area contributed by atoms with Gasteiger partial charge in [0.1, 0.15) is 18.8 Å². The molecule has 2 atom stereocenters. The molecular formula is C25H23F2NO4. The van der Waals surface area contributed by atoms with Crippen LogP contribution >= 0.6 is 0 Å². The van der Waals surface area contributed by atoms with E-state index in [0.717, 1.165) is 28.3 Å². The van der Waals surface area contributed by atoms with Gasteiger partial charge in [-0.1, -0.05) is 66.7 Å². The van der Waals surface area contributed by atoms with Crippen molar-refractivity contribution in [3.05, 3.63) is 95.1 Å². The molecule has 0 fully saturated rings. The van der Waals surface area contributed by atoms with Crippen LogP contribution in [0.5, 0.6) is 0 Å². The van der Waals surface area contributed by atoms with Crippen LogP contribution in [0.1, 0.15) is 40.7 Å². The molecule has 1 amide bonds. The topological polar surface area (TPSA) is 78.8 Å². The van der Waals surface area contributed by atoms with E-state index in [1.54, 1.807) is 0 Å². The summed E-state index contributed by atoms with van der Waals surface area (Å²) in [7, 11) is 0. The number of ether oxygens (including phenoxy) is 1. The second-order valence-electron chi connectivity index (χ2n) is 7.69. The summed E-state index contributed by atoms with van der Waals surface area (Å²) in [5, 5.41) is 22.8. The summed E-state index contributed by atoms with van der Waals surface area (Å²) >= 11 is 0. The highest BCUT2D eigenvalue weighted by Gasteiger charge is 2.29. The number of fused-ring (bicyclic) bond motifs is 3. The molecule has 166 valence electrons. The molecule has 4 rings (SSSR count). The van der Waals surface area contributed by atoms with E-state index >= 15 is 0 Å². The Labute approximate surface area is 184 Å². The van der Waals surface area contributed by atoms with Gasteiger partial charge in [-0.3, -0.25) is 0 Å². The Morgan fingerprint density at radius 3 is 2.12 bits per heavy atom. The van der Waals surface area contributed by atoms with Gasteiger partial charge >= 0.3 is 6.09 Å². The molecule has 1 aliphatic carbocycles. The van der Waals surface area contributed by atoms with Gasteiger partial charge in [-0.25, -0.2) is 13.6 Å². The predicted molar refractivity (Wildman–Crippen MR) is 115 cm³/mol. The Kier molecular flexibility index (Phi) is 6.48. The monoisotopic (exact) mass is 439 g/mol. The maximum atomic E-state index is 12.8. The molecule has 0 aromatic heterocycles. The highest BCUT2D eigenvalue weighted by molar-refractivity contribution is 5.79. The first-order valence-electron chi connectivity index (χ1n) is 10.3. The number of hydrogen-bond acceptors (Lipinski definition) is 4. The van der Waals surface area contributed by atoms with Crippen LogP contribution in [0, 0.1) is 0 Å². The Morgan fingerprint density at radius 2 is 1.50 bits per heavy atom. The zero-order valence-electron chi connectivity index (χ0n) is 17.1. The fourth-order valence-corrected chi connectivity index (χ4v) is 4.05. The molecule has 3 aromatic rings.